The molecule has 4 rings (SSSR count). The van der Waals surface area contributed by atoms with Gasteiger partial charge < -0.3 is 5.73 Å². The van der Waals surface area contributed by atoms with Gasteiger partial charge in [-0.25, -0.2) is 0 Å². The molecule has 0 unspecified atom stereocenters. The molecule has 0 saturated carbocycles. The molecule has 0 atom stereocenters. The number of carbonyl (C=O) groups excluding carboxylic acids is 2. The fourth-order valence-electron chi connectivity index (χ4n) is 2.97. The van der Waals surface area contributed by atoms with Crippen molar-refractivity contribution < 1.29 is 9.59 Å². The molecular weight excluding hydrogens is 417 g/mol. The summed E-state index contributed by atoms with van der Waals surface area (Å²) in [5.41, 5.74) is 8.00. The fraction of sp³-hybridized carbons (Fsp3) is 0.0500. The first-order valence-corrected chi connectivity index (χ1v) is 9.82. The van der Waals surface area contributed by atoms with Crippen LogP contribution < -0.4 is 5.73 Å². The van der Waals surface area contributed by atoms with E-state index in [9.17, 15) is 9.59 Å². The van der Waals surface area contributed by atoms with Gasteiger partial charge in [-0.2, -0.15) is 9.78 Å². The second-order valence-corrected chi connectivity index (χ2v) is 8.25. The number of fused-ring (bicyclic) bond motifs is 1. The van der Waals surface area contributed by atoms with Crippen LogP contribution in [0.25, 0.3) is 21.5 Å². The molecule has 28 heavy (non-hydrogen) atoms. The number of carbonyl (C=O) groups is 2. The second kappa shape index (κ2) is 7.05. The Bertz CT molecular complexity index is 1220. The molecule has 4 aromatic rings. The van der Waals surface area contributed by atoms with Crippen molar-refractivity contribution in [1.82, 2.24) is 9.78 Å². The quantitative estimate of drug-likeness (QED) is 0.487. The van der Waals surface area contributed by atoms with E-state index in [1.807, 2.05) is 13.0 Å². The highest BCUT2D eigenvalue weighted by molar-refractivity contribution is 7.19. The molecule has 0 fully saturated rings. The lowest BCUT2D eigenvalue weighted by atomic mass is 10.1. The Hall–Kier alpha value is -2.67. The summed E-state index contributed by atoms with van der Waals surface area (Å²) in [4.78, 5) is 25.5. The van der Waals surface area contributed by atoms with Crippen molar-refractivity contribution in [2.45, 2.75) is 6.92 Å². The molecular formula is C20H13Cl2N3O2S. The van der Waals surface area contributed by atoms with E-state index in [4.69, 9.17) is 28.9 Å². The van der Waals surface area contributed by atoms with E-state index in [2.05, 4.69) is 5.10 Å². The van der Waals surface area contributed by atoms with Crippen molar-refractivity contribution in [3.63, 3.8) is 0 Å². The minimum Gasteiger partial charge on any atom is -0.366 e. The molecule has 0 aliphatic carbocycles. The van der Waals surface area contributed by atoms with Crippen LogP contribution in [0, 0.1) is 6.92 Å². The highest BCUT2D eigenvalue weighted by Gasteiger charge is 2.23. The van der Waals surface area contributed by atoms with E-state index in [1.54, 1.807) is 42.5 Å². The summed E-state index contributed by atoms with van der Waals surface area (Å²) < 4.78 is 2.18. The van der Waals surface area contributed by atoms with Crippen LogP contribution in [0.15, 0.2) is 48.5 Å². The second-order valence-electron chi connectivity index (χ2n) is 6.18. The topological polar surface area (TPSA) is 78.0 Å². The first-order valence-electron chi connectivity index (χ1n) is 8.25. The normalized spacial score (nSPS) is 11.1. The van der Waals surface area contributed by atoms with Crippen molar-refractivity contribution in [3.05, 3.63) is 74.6 Å². The van der Waals surface area contributed by atoms with Gasteiger partial charge in [-0.3, -0.25) is 9.59 Å². The molecule has 1 amide bonds. The number of aryl methyl sites for hydroxylation is 1. The minimum atomic E-state index is -0.502. The molecule has 0 saturated heterocycles. The molecule has 2 aromatic heterocycles. The van der Waals surface area contributed by atoms with Crippen molar-refractivity contribution in [2.75, 3.05) is 0 Å². The number of thiophene rings is 1. The summed E-state index contributed by atoms with van der Waals surface area (Å²) in [6.07, 6.45) is 0. The van der Waals surface area contributed by atoms with Gasteiger partial charge in [0, 0.05) is 16.0 Å². The first-order chi connectivity index (χ1) is 13.4. The molecule has 0 aliphatic heterocycles. The van der Waals surface area contributed by atoms with E-state index in [0.29, 0.717) is 16.8 Å². The Morgan fingerprint density at radius 2 is 1.71 bits per heavy atom. The maximum Gasteiger partial charge on any atom is 0.281 e. The van der Waals surface area contributed by atoms with Crippen LogP contribution in [-0.4, -0.2) is 21.6 Å². The zero-order chi connectivity index (χ0) is 20.0. The molecule has 0 radical (unpaired) electrons. The van der Waals surface area contributed by atoms with Gasteiger partial charge in [-0.1, -0.05) is 41.4 Å². The van der Waals surface area contributed by atoms with E-state index in [1.165, 1.54) is 16.0 Å². The Kier molecular flexibility index (Phi) is 4.71. The number of benzene rings is 2. The van der Waals surface area contributed by atoms with E-state index in [0.717, 1.165) is 15.1 Å². The van der Waals surface area contributed by atoms with Gasteiger partial charge in [-0.15, -0.1) is 11.3 Å². The van der Waals surface area contributed by atoms with Crippen LogP contribution in [0.3, 0.4) is 0 Å². The first kappa shape index (κ1) is 18.7. The molecule has 8 heteroatoms. The highest BCUT2D eigenvalue weighted by atomic mass is 35.5. The number of nitrogens with two attached hydrogens (primary N) is 1. The lowest BCUT2D eigenvalue weighted by Gasteiger charge is -2.06. The Labute approximate surface area is 174 Å². The van der Waals surface area contributed by atoms with Crippen molar-refractivity contribution in [2.24, 2.45) is 5.73 Å². The van der Waals surface area contributed by atoms with Crippen LogP contribution in [0.2, 0.25) is 10.0 Å². The predicted molar refractivity (Wildman–Crippen MR) is 112 cm³/mol. The number of hydrogen-bond donors (Lipinski definition) is 1. The van der Waals surface area contributed by atoms with Gasteiger partial charge in [0.05, 0.1) is 25.8 Å². The predicted octanol–water partition coefficient (Wildman–Crippen LogP) is 5.17. The summed E-state index contributed by atoms with van der Waals surface area (Å²) in [5.74, 6) is -0.906. The fourth-order valence-corrected chi connectivity index (χ4v) is 4.53. The summed E-state index contributed by atoms with van der Waals surface area (Å²) in [6, 6.07) is 13.6. The highest BCUT2D eigenvalue weighted by Crippen LogP contribution is 2.36. The molecule has 2 aromatic carbocycles. The lowest BCUT2D eigenvalue weighted by Crippen LogP contribution is -2.14. The third kappa shape index (κ3) is 3.09. The van der Waals surface area contributed by atoms with Crippen molar-refractivity contribution in [3.8, 4) is 11.3 Å². The summed E-state index contributed by atoms with van der Waals surface area (Å²) in [5, 5.41) is 5.07. The smallest absolute Gasteiger partial charge is 0.281 e. The summed E-state index contributed by atoms with van der Waals surface area (Å²) in [6.45, 7) is 1.96. The van der Waals surface area contributed by atoms with Gasteiger partial charge in [0.15, 0.2) is 0 Å². The zero-order valence-corrected chi connectivity index (χ0v) is 16.9. The van der Waals surface area contributed by atoms with Crippen LogP contribution in [-0.2, 0) is 0 Å². The minimum absolute atomic E-state index is 0.203. The summed E-state index contributed by atoms with van der Waals surface area (Å²) in [7, 11) is 0. The van der Waals surface area contributed by atoms with Gasteiger partial charge in [-0.05, 0) is 37.3 Å². The van der Waals surface area contributed by atoms with Gasteiger partial charge in [0.2, 0.25) is 5.91 Å². The third-order valence-electron chi connectivity index (χ3n) is 4.29. The number of nitrogens with zero attached hydrogens (tertiary/aromatic N) is 2. The number of halogens is 2. The van der Waals surface area contributed by atoms with Crippen LogP contribution in [0.4, 0.5) is 0 Å². The van der Waals surface area contributed by atoms with Crippen LogP contribution in [0.5, 0.6) is 0 Å². The van der Waals surface area contributed by atoms with Gasteiger partial charge >= 0.3 is 0 Å². The van der Waals surface area contributed by atoms with E-state index < -0.39 is 11.8 Å². The lowest BCUT2D eigenvalue weighted by molar-refractivity contribution is 0.0950. The number of amides is 1. The molecule has 0 bridgehead atoms. The van der Waals surface area contributed by atoms with E-state index >= 15 is 0 Å². The maximum absolute atomic E-state index is 13.2. The Balaban J connectivity index is 1.89. The van der Waals surface area contributed by atoms with Crippen LogP contribution >= 0.6 is 34.5 Å². The number of primary amides is 1. The molecule has 5 nitrogen and oxygen atoms in total. The Morgan fingerprint density at radius 3 is 2.32 bits per heavy atom. The standard InChI is InChI=1S/C20H13Cl2N3O2S/c1-10-9-15-18(28-10)17(11-5-7-12(8-6-11)19(23)26)24-25(15)20(27)16-13(21)3-2-4-14(16)22/h2-9H,1H3,(H2,23,26). The summed E-state index contributed by atoms with van der Waals surface area (Å²) >= 11 is 14.0. The largest absolute Gasteiger partial charge is 0.366 e. The van der Waals surface area contributed by atoms with Crippen LogP contribution in [0.1, 0.15) is 25.6 Å². The monoisotopic (exact) mass is 429 g/mol. The Morgan fingerprint density at radius 1 is 1.07 bits per heavy atom. The molecule has 0 aliphatic rings. The number of hydrogen-bond acceptors (Lipinski definition) is 4. The van der Waals surface area contributed by atoms with Gasteiger partial charge in [0.1, 0.15) is 5.69 Å². The maximum atomic E-state index is 13.2. The molecule has 140 valence electrons. The SMILES string of the molecule is Cc1cc2c(s1)c(-c1ccc(C(N)=O)cc1)nn2C(=O)c1c(Cl)cccc1Cl. The van der Waals surface area contributed by atoms with Crippen molar-refractivity contribution in [1.29, 1.82) is 0 Å². The number of aromatic nitrogens is 2. The number of rotatable bonds is 3. The third-order valence-corrected chi connectivity index (χ3v) is 5.97. The van der Waals surface area contributed by atoms with E-state index in [-0.39, 0.29) is 15.6 Å². The average molecular weight is 430 g/mol. The molecule has 0 spiro atoms. The zero-order valence-electron chi connectivity index (χ0n) is 14.6. The average Bonchev–Trinajstić information content (AvgIpc) is 3.19. The molecule has 2 heterocycles. The molecule has 2 N–H and O–H groups in total. The van der Waals surface area contributed by atoms with Gasteiger partial charge in [0.25, 0.3) is 5.91 Å². The van der Waals surface area contributed by atoms with Crippen molar-refractivity contribution >= 4 is 56.6 Å².